The van der Waals surface area contributed by atoms with Crippen molar-refractivity contribution in [1.82, 2.24) is 9.88 Å². The summed E-state index contributed by atoms with van der Waals surface area (Å²) in [5, 5.41) is 0.654. The zero-order chi connectivity index (χ0) is 25.2. The van der Waals surface area contributed by atoms with Crippen molar-refractivity contribution in [2.75, 3.05) is 51.9 Å². The van der Waals surface area contributed by atoms with Gasteiger partial charge in [-0.05, 0) is 37.7 Å². The molecule has 0 aliphatic rings. The van der Waals surface area contributed by atoms with E-state index in [2.05, 4.69) is 25.7 Å². The third-order valence-corrected chi connectivity index (χ3v) is 7.03. The number of benzene rings is 2. The second-order valence-electron chi connectivity index (χ2n) is 8.24. The van der Waals surface area contributed by atoms with Crippen LogP contribution in [-0.2, 0) is 0 Å². The molecule has 7 nitrogen and oxygen atoms in total. The maximum absolute atomic E-state index is 13.8. The highest BCUT2D eigenvalue weighted by atomic mass is 32.1. The Morgan fingerprint density at radius 3 is 2.40 bits per heavy atom. The van der Waals surface area contributed by atoms with Crippen LogP contribution in [0.3, 0.4) is 0 Å². The van der Waals surface area contributed by atoms with Crippen LogP contribution in [0.25, 0.3) is 10.2 Å². The Morgan fingerprint density at radius 1 is 0.971 bits per heavy atom. The van der Waals surface area contributed by atoms with Gasteiger partial charge in [-0.15, -0.1) is 0 Å². The first-order valence-corrected chi connectivity index (χ1v) is 13.2. The van der Waals surface area contributed by atoms with Crippen molar-refractivity contribution in [3.63, 3.8) is 0 Å². The number of thiazole rings is 1. The highest BCUT2D eigenvalue weighted by molar-refractivity contribution is 7.22. The van der Waals surface area contributed by atoms with E-state index in [1.54, 1.807) is 19.1 Å². The predicted molar refractivity (Wildman–Crippen MR) is 144 cm³/mol. The molecule has 0 atom stereocenters. The van der Waals surface area contributed by atoms with Crippen LogP contribution >= 0.6 is 11.3 Å². The van der Waals surface area contributed by atoms with Crippen LogP contribution in [-0.4, -0.2) is 62.8 Å². The molecule has 0 bridgehead atoms. The van der Waals surface area contributed by atoms with E-state index in [4.69, 9.17) is 19.2 Å². The van der Waals surface area contributed by atoms with E-state index in [0.29, 0.717) is 35.3 Å². The summed E-state index contributed by atoms with van der Waals surface area (Å²) >= 11 is 1.48. The highest BCUT2D eigenvalue weighted by Gasteiger charge is 2.23. The number of unbranched alkanes of at least 4 members (excludes halogenated alkanes) is 2. The van der Waals surface area contributed by atoms with Crippen LogP contribution in [0.1, 0.15) is 50.4 Å². The van der Waals surface area contributed by atoms with Gasteiger partial charge in [0.2, 0.25) is 0 Å². The summed E-state index contributed by atoms with van der Waals surface area (Å²) in [7, 11) is 3.22. The monoisotopic (exact) mass is 499 g/mol. The molecule has 0 radical (unpaired) electrons. The maximum atomic E-state index is 13.8. The van der Waals surface area contributed by atoms with E-state index in [-0.39, 0.29) is 5.91 Å². The molecule has 0 aliphatic heterocycles. The third kappa shape index (κ3) is 6.86. The van der Waals surface area contributed by atoms with Gasteiger partial charge in [-0.1, -0.05) is 51.0 Å². The summed E-state index contributed by atoms with van der Waals surface area (Å²) in [6.45, 7) is 10.2. The number of hydrogen-bond acceptors (Lipinski definition) is 7. The van der Waals surface area contributed by atoms with Crippen LogP contribution in [0.2, 0.25) is 0 Å². The molecule has 35 heavy (non-hydrogen) atoms. The van der Waals surface area contributed by atoms with Crippen molar-refractivity contribution >= 4 is 32.6 Å². The van der Waals surface area contributed by atoms with Gasteiger partial charge in [0.1, 0.15) is 5.75 Å². The van der Waals surface area contributed by atoms with Crippen molar-refractivity contribution in [3.8, 4) is 17.2 Å². The first-order valence-electron chi connectivity index (χ1n) is 12.3. The lowest BCUT2D eigenvalue weighted by molar-refractivity contribution is 0.0983. The van der Waals surface area contributed by atoms with Crippen LogP contribution in [0.15, 0.2) is 36.4 Å². The molecule has 190 valence electrons. The molecular formula is C27H37N3O4S. The zero-order valence-electron chi connectivity index (χ0n) is 21.5. The van der Waals surface area contributed by atoms with Crippen molar-refractivity contribution in [2.24, 2.45) is 0 Å². The minimum atomic E-state index is -0.0887. The standard InChI is InChI=1S/C27H37N3O4S/c1-6-9-10-16-34-21-13-11-12-20(17-21)26(31)30(15-14-29(7-2)8-3)27-28-22-18-23(32-4)24(33-5)19-25(22)35-27/h11-13,17-19H,6-10,14-16H2,1-5H3. The average molecular weight is 500 g/mol. The lowest BCUT2D eigenvalue weighted by Crippen LogP contribution is -2.38. The number of carbonyl (C=O) groups is 1. The fraction of sp³-hybridized carbons (Fsp3) is 0.481. The summed E-state index contributed by atoms with van der Waals surface area (Å²) in [4.78, 5) is 22.6. The fourth-order valence-electron chi connectivity index (χ4n) is 3.84. The third-order valence-electron chi connectivity index (χ3n) is 5.99. The maximum Gasteiger partial charge on any atom is 0.260 e. The highest BCUT2D eigenvalue weighted by Crippen LogP contribution is 2.37. The molecule has 8 heteroatoms. The van der Waals surface area contributed by atoms with E-state index in [1.165, 1.54) is 11.3 Å². The number of nitrogens with zero attached hydrogens (tertiary/aromatic N) is 3. The first kappa shape index (κ1) is 26.8. The summed E-state index contributed by atoms with van der Waals surface area (Å²) < 4.78 is 17.7. The Labute approximate surface area is 212 Å². The van der Waals surface area contributed by atoms with E-state index in [1.807, 2.05) is 36.4 Å². The topological polar surface area (TPSA) is 64.1 Å². The van der Waals surface area contributed by atoms with Gasteiger partial charge in [0.15, 0.2) is 16.6 Å². The van der Waals surface area contributed by atoms with Gasteiger partial charge in [0.25, 0.3) is 5.91 Å². The number of hydrogen-bond donors (Lipinski definition) is 0. The molecule has 0 spiro atoms. The molecule has 1 amide bonds. The fourth-order valence-corrected chi connectivity index (χ4v) is 4.84. The Kier molecular flexibility index (Phi) is 10.2. The largest absolute Gasteiger partial charge is 0.494 e. The Hall–Kier alpha value is -2.84. The molecule has 0 fully saturated rings. The number of ether oxygens (including phenoxy) is 3. The molecule has 2 aromatic carbocycles. The quantitative estimate of drug-likeness (QED) is 0.259. The van der Waals surface area contributed by atoms with Crippen LogP contribution in [0.5, 0.6) is 17.2 Å². The number of carbonyl (C=O) groups excluding carboxylic acids is 1. The number of rotatable bonds is 14. The number of fused-ring (bicyclic) bond motifs is 1. The first-order chi connectivity index (χ1) is 17.0. The second kappa shape index (κ2) is 13.3. The minimum Gasteiger partial charge on any atom is -0.494 e. The lowest BCUT2D eigenvalue weighted by atomic mass is 10.2. The Bertz CT molecular complexity index is 1060. The molecule has 0 saturated carbocycles. The number of methoxy groups -OCH3 is 2. The van der Waals surface area contributed by atoms with Crippen molar-refractivity contribution < 1.29 is 19.0 Å². The molecule has 0 unspecified atom stereocenters. The predicted octanol–water partition coefficient (Wildman–Crippen LogP) is 5.87. The van der Waals surface area contributed by atoms with Crippen molar-refractivity contribution in [3.05, 3.63) is 42.0 Å². The SMILES string of the molecule is CCCCCOc1cccc(C(=O)N(CCN(CC)CC)c2nc3cc(OC)c(OC)cc3s2)c1. The number of aromatic nitrogens is 1. The number of anilines is 1. The van der Waals surface area contributed by atoms with E-state index in [0.717, 1.165) is 54.9 Å². The number of likely N-dealkylation sites (N-methyl/N-ethyl adjacent to an activating group) is 1. The van der Waals surface area contributed by atoms with Gasteiger partial charge in [0, 0.05) is 30.8 Å². The summed E-state index contributed by atoms with van der Waals surface area (Å²) in [5.41, 5.74) is 1.36. The Morgan fingerprint density at radius 2 is 1.71 bits per heavy atom. The van der Waals surface area contributed by atoms with Gasteiger partial charge in [-0.3, -0.25) is 9.69 Å². The Balaban J connectivity index is 1.92. The molecule has 0 aliphatic carbocycles. The smallest absolute Gasteiger partial charge is 0.260 e. The molecule has 1 aromatic heterocycles. The molecular weight excluding hydrogens is 462 g/mol. The van der Waals surface area contributed by atoms with Gasteiger partial charge in [-0.2, -0.15) is 0 Å². The van der Waals surface area contributed by atoms with Gasteiger partial charge in [-0.25, -0.2) is 4.98 Å². The van der Waals surface area contributed by atoms with Crippen LogP contribution in [0.4, 0.5) is 5.13 Å². The summed E-state index contributed by atoms with van der Waals surface area (Å²) in [6.07, 6.45) is 3.28. The van der Waals surface area contributed by atoms with Crippen LogP contribution in [0, 0.1) is 0 Å². The van der Waals surface area contributed by atoms with E-state index in [9.17, 15) is 4.79 Å². The normalized spacial score (nSPS) is 11.1. The molecule has 0 saturated heterocycles. The molecule has 3 aromatic rings. The average Bonchev–Trinajstić information content (AvgIpc) is 3.30. The van der Waals surface area contributed by atoms with Gasteiger partial charge >= 0.3 is 0 Å². The van der Waals surface area contributed by atoms with Gasteiger partial charge in [0.05, 0.1) is 31.0 Å². The summed E-state index contributed by atoms with van der Waals surface area (Å²) in [6, 6.07) is 11.2. The van der Waals surface area contributed by atoms with E-state index >= 15 is 0 Å². The van der Waals surface area contributed by atoms with Crippen LogP contribution < -0.4 is 19.1 Å². The molecule has 3 rings (SSSR count). The van der Waals surface area contributed by atoms with E-state index < -0.39 is 0 Å². The lowest BCUT2D eigenvalue weighted by Gasteiger charge is -2.25. The summed E-state index contributed by atoms with van der Waals surface area (Å²) in [5.74, 6) is 1.89. The minimum absolute atomic E-state index is 0.0887. The zero-order valence-corrected chi connectivity index (χ0v) is 22.3. The molecule has 0 N–H and O–H groups in total. The van der Waals surface area contributed by atoms with Gasteiger partial charge < -0.3 is 19.1 Å². The second-order valence-corrected chi connectivity index (χ2v) is 9.25. The molecule has 1 heterocycles. The number of amides is 1. The van der Waals surface area contributed by atoms with Crippen molar-refractivity contribution in [1.29, 1.82) is 0 Å². The van der Waals surface area contributed by atoms with Crippen molar-refractivity contribution in [2.45, 2.75) is 40.0 Å².